The van der Waals surface area contributed by atoms with Gasteiger partial charge in [-0.2, -0.15) is 18.4 Å². The Balaban J connectivity index is 1.94. The van der Waals surface area contributed by atoms with Gasteiger partial charge in [0.05, 0.1) is 32.2 Å². The maximum atomic E-state index is 12.9. The van der Waals surface area contributed by atoms with E-state index in [1.807, 2.05) is 6.07 Å². The third kappa shape index (κ3) is 5.76. The van der Waals surface area contributed by atoms with Crippen molar-refractivity contribution in [1.82, 2.24) is 0 Å². The first-order valence-corrected chi connectivity index (χ1v) is 10.0. The minimum atomic E-state index is -4.75. The number of allylic oxidation sites excluding steroid dienone is 1. The molecule has 0 saturated carbocycles. The van der Waals surface area contributed by atoms with E-state index in [4.69, 9.17) is 39.5 Å². The molecular weight excluding hydrogens is 504 g/mol. The summed E-state index contributed by atoms with van der Waals surface area (Å²) in [7, 11) is 0. The molecule has 0 atom stereocenters. The standard InChI is InChI=1S/C22H10Cl3F3N2O3/c23-15-3-4-16(17(24)10-15)13(11-29)7-12-1-5-20(18(25)8-12)33-21-6-2-14(22(26,27)28)9-19(21)30(31)32/h1-10H/b13-7-. The number of halogens is 6. The Morgan fingerprint density at radius 2 is 1.70 bits per heavy atom. The molecule has 0 aliphatic rings. The summed E-state index contributed by atoms with van der Waals surface area (Å²) in [4.78, 5) is 10.3. The van der Waals surface area contributed by atoms with E-state index in [9.17, 15) is 28.5 Å². The molecule has 11 heteroatoms. The van der Waals surface area contributed by atoms with Crippen molar-refractivity contribution in [1.29, 1.82) is 5.26 Å². The molecular formula is C22H10Cl3F3N2O3. The molecule has 0 fully saturated rings. The first kappa shape index (κ1) is 24.4. The van der Waals surface area contributed by atoms with E-state index in [0.717, 1.165) is 6.07 Å². The fraction of sp³-hybridized carbons (Fsp3) is 0.0455. The molecule has 0 saturated heterocycles. The molecule has 0 aliphatic heterocycles. The van der Waals surface area contributed by atoms with Gasteiger partial charge < -0.3 is 4.74 Å². The maximum Gasteiger partial charge on any atom is 0.416 e. The molecule has 0 radical (unpaired) electrons. The average molecular weight is 514 g/mol. The molecule has 3 rings (SSSR count). The molecule has 33 heavy (non-hydrogen) atoms. The second-order valence-corrected chi connectivity index (χ2v) is 7.77. The average Bonchev–Trinajstić information content (AvgIpc) is 2.73. The minimum absolute atomic E-state index is 0.0115. The number of nitro groups is 1. The van der Waals surface area contributed by atoms with Crippen LogP contribution < -0.4 is 4.74 Å². The topological polar surface area (TPSA) is 76.2 Å². The van der Waals surface area contributed by atoms with Gasteiger partial charge in [-0.25, -0.2) is 0 Å². The summed E-state index contributed by atoms with van der Waals surface area (Å²) < 4.78 is 44.0. The van der Waals surface area contributed by atoms with E-state index >= 15 is 0 Å². The van der Waals surface area contributed by atoms with Crippen LogP contribution in [0.3, 0.4) is 0 Å². The molecule has 0 amide bonds. The number of nitrogens with zero attached hydrogens (tertiary/aromatic N) is 2. The summed E-state index contributed by atoms with van der Waals surface area (Å²) in [5.74, 6) is -0.441. The molecule has 0 N–H and O–H groups in total. The summed E-state index contributed by atoms with van der Waals surface area (Å²) in [5.41, 5.74) is -0.899. The van der Waals surface area contributed by atoms with Gasteiger partial charge in [-0.1, -0.05) is 46.9 Å². The van der Waals surface area contributed by atoms with E-state index in [1.165, 1.54) is 30.3 Å². The van der Waals surface area contributed by atoms with Crippen molar-refractivity contribution in [2.24, 2.45) is 0 Å². The quantitative estimate of drug-likeness (QED) is 0.148. The maximum absolute atomic E-state index is 12.9. The van der Waals surface area contributed by atoms with Crippen molar-refractivity contribution in [3.63, 3.8) is 0 Å². The molecule has 0 heterocycles. The van der Waals surface area contributed by atoms with Gasteiger partial charge in [0.1, 0.15) is 5.75 Å². The van der Waals surface area contributed by atoms with Crippen LogP contribution >= 0.6 is 34.8 Å². The predicted molar refractivity (Wildman–Crippen MR) is 120 cm³/mol. The third-order valence-electron chi connectivity index (χ3n) is 4.31. The van der Waals surface area contributed by atoms with E-state index in [-0.39, 0.29) is 21.4 Å². The second-order valence-electron chi connectivity index (χ2n) is 6.52. The summed E-state index contributed by atoms with van der Waals surface area (Å²) >= 11 is 18.2. The Kier molecular flexibility index (Phi) is 7.18. The van der Waals surface area contributed by atoms with Crippen molar-refractivity contribution < 1.29 is 22.8 Å². The van der Waals surface area contributed by atoms with Gasteiger partial charge in [0.25, 0.3) is 0 Å². The monoisotopic (exact) mass is 512 g/mol. The van der Waals surface area contributed by atoms with Crippen LogP contribution in [0, 0.1) is 21.4 Å². The highest BCUT2D eigenvalue weighted by Crippen LogP contribution is 2.39. The Morgan fingerprint density at radius 1 is 1.00 bits per heavy atom. The van der Waals surface area contributed by atoms with Crippen LogP contribution in [0.15, 0.2) is 54.6 Å². The highest BCUT2D eigenvalue weighted by Gasteiger charge is 2.33. The zero-order valence-corrected chi connectivity index (χ0v) is 18.4. The first-order chi connectivity index (χ1) is 15.5. The number of rotatable bonds is 5. The Bertz CT molecular complexity index is 1320. The number of hydrogen-bond acceptors (Lipinski definition) is 4. The largest absolute Gasteiger partial charge is 0.449 e. The van der Waals surface area contributed by atoms with Crippen LogP contribution in [0.5, 0.6) is 11.5 Å². The normalized spacial score (nSPS) is 11.7. The fourth-order valence-electron chi connectivity index (χ4n) is 2.78. The molecule has 0 spiro atoms. The molecule has 0 aliphatic carbocycles. The van der Waals surface area contributed by atoms with Gasteiger partial charge in [0.15, 0.2) is 0 Å². The SMILES string of the molecule is N#C/C(=C/c1ccc(Oc2ccc(C(F)(F)F)cc2[N+](=O)[O-])c(Cl)c1)c1ccc(Cl)cc1Cl. The van der Waals surface area contributed by atoms with Crippen molar-refractivity contribution in [3.8, 4) is 17.6 Å². The van der Waals surface area contributed by atoms with Crippen LogP contribution in [0.25, 0.3) is 11.6 Å². The van der Waals surface area contributed by atoms with E-state index < -0.39 is 28.1 Å². The van der Waals surface area contributed by atoms with Crippen molar-refractivity contribution in [2.45, 2.75) is 6.18 Å². The molecule has 168 valence electrons. The van der Waals surface area contributed by atoms with Crippen molar-refractivity contribution in [3.05, 3.63) is 96.5 Å². The molecule has 5 nitrogen and oxygen atoms in total. The zero-order valence-electron chi connectivity index (χ0n) is 16.2. The molecule has 3 aromatic rings. The smallest absolute Gasteiger partial charge is 0.416 e. The lowest BCUT2D eigenvalue weighted by Gasteiger charge is -2.11. The van der Waals surface area contributed by atoms with Crippen LogP contribution in [0.2, 0.25) is 15.1 Å². The van der Waals surface area contributed by atoms with E-state index in [2.05, 4.69) is 0 Å². The third-order valence-corrected chi connectivity index (χ3v) is 5.15. The van der Waals surface area contributed by atoms with Crippen LogP contribution in [0.1, 0.15) is 16.7 Å². The highest BCUT2D eigenvalue weighted by atomic mass is 35.5. The number of benzene rings is 3. The van der Waals surface area contributed by atoms with E-state index in [0.29, 0.717) is 28.3 Å². The zero-order chi connectivity index (χ0) is 24.3. The highest BCUT2D eigenvalue weighted by molar-refractivity contribution is 6.36. The van der Waals surface area contributed by atoms with Crippen molar-refractivity contribution >= 4 is 52.1 Å². The Morgan fingerprint density at radius 3 is 2.27 bits per heavy atom. The van der Waals surface area contributed by atoms with Gasteiger partial charge in [-0.3, -0.25) is 10.1 Å². The summed E-state index contributed by atoms with van der Waals surface area (Å²) in [6, 6.07) is 12.9. The van der Waals surface area contributed by atoms with Gasteiger partial charge in [-0.15, -0.1) is 0 Å². The number of ether oxygens (including phenoxy) is 1. The van der Waals surface area contributed by atoms with Gasteiger partial charge in [0, 0.05) is 16.7 Å². The van der Waals surface area contributed by atoms with Gasteiger partial charge in [0.2, 0.25) is 5.75 Å². The summed E-state index contributed by atoms with van der Waals surface area (Å²) in [5, 5.41) is 21.4. The van der Waals surface area contributed by atoms with Crippen molar-refractivity contribution in [2.75, 3.05) is 0 Å². The van der Waals surface area contributed by atoms with E-state index in [1.54, 1.807) is 12.1 Å². The van der Waals surface area contributed by atoms with Crippen LogP contribution in [-0.2, 0) is 6.18 Å². The first-order valence-electron chi connectivity index (χ1n) is 8.90. The minimum Gasteiger partial charge on any atom is -0.449 e. The van der Waals surface area contributed by atoms with Gasteiger partial charge in [-0.05, 0) is 48.0 Å². The Hall–Kier alpha value is -3.25. The number of hydrogen-bond donors (Lipinski definition) is 0. The number of nitriles is 1. The summed E-state index contributed by atoms with van der Waals surface area (Å²) in [6.45, 7) is 0. The lowest BCUT2D eigenvalue weighted by Crippen LogP contribution is -2.06. The van der Waals surface area contributed by atoms with Crippen LogP contribution in [0.4, 0.5) is 18.9 Å². The lowest BCUT2D eigenvalue weighted by molar-refractivity contribution is -0.385. The molecule has 0 unspecified atom stereocenters. The number of nitro benzene ring substituents is 1. The molecule has 3 aromatic carbocycles. The fourth-order valence-corrected chi connectivity index (χ4v) is 3.51. The lowest BCUT2D eigenvalue weighted by atomic mass is 10.0. The summed E-state index contributed by atoms with van der Waals surface area (Å²) in [6.07, 6.45) is -3.24. The van der Waals surface area contributed by atoms with Gasteiger partial charge >= 0.3 is 11.9 Å². The molecule has 0 bridgehead atoms. The van der Waals surface area contributed by atoms with Crippen LogP contribution in [-0.4, -0.2) is 4.92 Å². The second kappa shape index (κ2) is 9.71. The molecule has 0 aromatic heterocycles. The Labute approximate surface area is 200 Å². The predicted octanol–water partition coefficient (Wildman–Crippen LogP) is 8.43. The number of alkyl halides is 3.